The van der Waals surface area contributed by atoms with Crippen LogP contribution in [0.5, 0.6) is 0 Å². The molecule has 1 rings (SSSR count). The van der Waals surface area contributed by atoms with Gasteiger partial charge in [-0.25, -0.2) is 0 Å². The van der Waals surface area contributed by atoms with Crippen molar-refractivity contribution in [3.63, 3.8) is 0 Å². The summed E-state index contributed by atoms with van der Waals surface area (Å²) < 4.78 is 4.61. The number of esters is 1. The van der Waals surface area contributed by atoms with E-state index in [1.54, 1.807) is 0 Å². The van der Waals surface area contributed by atoms with Crippen LogP contribution in [0.25, 0.3) is 0 Å². The molecule has 0 saturated heterocycles. The van der Waals surface area contributed by atoms with Crippen molar-refractivity contribution < 1.29 is 9.53 Å². The van der Waals surface area contributed by atoms with E-state index in [9.17, 15) is 4.79 Å². The van der Waals surface area contributed by atoms with E-state index in [1.807, 2.05) is 7.05 Å². The average molecular weight is 250 g/mol. The largest absolute Gasteiger partial charge is 0.469 e. The van der Waals surface area contributed by atoms with E-state index in [4.69, 9.17) is 5.73 Å². The second-order valence-electron chi connectivity index (χ2n) is 4.44. The van der Waals surface area contributed by atoms with Crippen molar-refractivity contribution in [1.82, 2.24) is 4.90 Å². The highest BCUT2D eigenvalue weighted by Gasteiger charge is 2.03. The molecule has 0 aromatic heterocycles. The molecule has 4 heteroatoms. The Bertz CT molecular complexity index is 363. The third-order valence-corrected chi connectivity index (χ3v) is 2.86. The molecule has 0 heterocycles. The molecule has 4 nitrogen and oxygen atoms in total. The van der Waals surface area contributed by atoms with Crippen LogP contribution in [0.15, 0.2) is 24.3 Å². The van der Waals surface area contributed by atoms with E-state index in [0.717, 1.165) is 25.1 Å². The number of carbonyl (C=O) groups excluding carboxylic acids is 1. The molecule has 0 amide bonds. The number of rotatable bonds is 7. The summed E-state index contributed by atoms with van der Waals surface area (Å²) in [5.74, 6) is -0.143. The number of hydrogen-bond donors (Lipinski definition) is 1. The van der Waals surface area contributed by atoms with Crippen LogP contribution >= 0.6 is 0 Å². The van der Waals surface area contributed by atoms with Crippen LogP contribution in [0.2, 0.25) is 0 Å². The molecule has 0 aliphatic carbocycles. The van der Waals surface area contributed by atoms with Gasteiger partial charge in [-0.05, 0) is 31.1 Å². The van der Waals surface area contributed by atoms with Crippen molar-refractivity contribution >= 4 is 5.97 Å². The quantitative estimate of drug-likeness (QED) is 0.746. The standard InChI is InChI=1S/C14H22N2O2/c1-16(9-3-4-14(17)18-2)11-13-7-5-12(10-15)6-8-13/h5-8H,3-4,9-11,15H2,1-2H3. The highest BCUT2D eigenvalue weighted by molar-refractivity contribution is 5.69. The van der Waals surface area contributed by atoms with E-state index >= 15 is 0 Å². The molecular formula is C14H22N2O2. The van der Waals surface area contributed by atoms with E-state index in [1.165, 1.54) is 12.7 Å². The molecule has 0 unspecified atom stereocenters. The Balaban J connectivity index is 2.30. The van der Waals surface area contributed by atoms with Gasteiger partial charge in [0.25, 0.3) is 0 Å². The first-order valence-corrected chi connectivity index (χ1v) is 6.19. The van der Waals surface area contributed by atoms with Crippen LogP contribution in [-0.4, -0.2) is 31.6 Å². The maximum atomic E-state index is 11.0. The highest BCUT2D eigenvalue weighted by atomic mass is 16.5. The minimum absolute atomic E-state index is 0.143. The lowest BCUT2D eigenvalue weighted by Crippen LogP contribution is -2.20. The van der Waals surface area contributed by atoms with Crippen LogP contribution in [-0.2, 0) is 22.6 Å². The number of benzene rings is 1. The molecule has 0 spiro atoms. The van der Waals surface area contributed by atoms with E-state index in [2.05, 4.69) is 33.9 Å². The van der Waals surface area contributed by atoms with Crippen molar-refractivity contribution in [2.45, 2.75) is 25.9 Å². The molecule has 0 bridgehead atoms. The average Bonchev–Trinajstić information content (AvgIpc) is 2.39. The predicted molar refractivity (Wildman–Crippen MR) is 71.9 cm³/mol. The molecule has 1 aromatic carbocycles. The number of hydrogen-bond acceptors (Lipinski definition) is 4. The molecule has 0 radical (unpaired) electrons. The molecule has 0 aliphatic heterocycles. The second kappa shape index (κ2) is 7.84. The summed E-state index contributed by atoms with van der Waals surface area (Å²) in [6, 6.07) is 8.30. The van der Waals surface area contributed by atoms with Gasteiger partial charge in [-0.1, -0.05) is 24.3 Å². The Hall–Kier alpha value is -1.39. The van der Waals surface area contributed by atoms with Gasteiger partial charge in [0, 0.05) is 19.5 Å². The van der Waals surface area contributed by atoms with Gasteiger partial charge in [0.2, 0.25) is 0 Å². The zero-order valence-corrected chi connectivity index (χ0v) is 11.2. The zero-order chi connectivity index (χ0) is 13.4. The topological polar surface area (TPSA) is 55.6 Å². The molecule has 0 saturated carbocycles. The smallest absolute Gasteiger partial charge is 0.305 e. The lowest BCUT2D eigenvalue weighted by atomic mass is 10.1. The SMILES string of the molecule is COC(=O)CCCN(C)Cc1ccc(CN)cc1. The van der Waals surface area contributed by atoms with Gasteiger partial charge in [0.15, 0.2) is 0 Å². The monoisotopic (exact) mass is 250 g/mol. The van der Waals surface area contributed by atoms with Gasteiger partial charge in [0.05, 0.1) is 7.11 Å². The first-order valence-electron chi connectivity index (χ1n) is 6.19. The van der Waals surface area contributed by atoms with Gasteiger partial charge < -0.3 is 15.4 Å². The number of carbonyl (C=O) groups is 1. The summed E-state index contributed by atoms with van der Waals surface area (Å²) in [5, 5.41) is 0. The summed E-state index contributed by atoms with van der Waals surface area (Å²) in [7, 11) is 3.47. The van der Waals surface area contributed by atoms with Crippen molar-refractivity contribution in [3.8, 4) is 0 Å². The van der Waals surface area contributed by atoms with Gasteiger partial charge in [-0.3, -0.25) is 4.79 Å². The number of ether oxygens (including phenoxy) is 1. The normalized spacial score (nSPS) is 10.7. The third kappa shape index (κ3) is 5.29. The lowest BCUT2D eigenvalue weighted by molar-refractivity contribution is -0.140. The molecule has 18 heavy (non-hydrogen) atoms. The molecule has 2 N–H and O–H groups in total. The van der Waals surface area contributed by atoms with Gasteiger partial charge in [-0.2, -0.15) is 0 Å². The summed E-state index contributed by atoms with van der Waals surface area (Å²) >= 11 is 0. The van der Waals surface area contributed by atoms with Crippen LogP contribution in [0.3, 0.4) is 0 Å². The Kier molecular flexibility index (Phi) is 6.39. The Morgan fingerprint density at radius 1 is 1.28 bits per heavy atom. The molecular weight excluding hydrogens is 228 g/mol. The predicted octanol–water partition coefficient (Wildman–Crippen LogP) is 1.53. The summed E-state index contributed by atoms with van der Waals surface area (Å²) in [4.78, 5) is 13.2. The van der Waals surface area contributed by atoms with Crippen molar-refractivity contribution in [1.29, 1.82) is 0 Å². The number of nitrogens with zero attached hydrogens (tertiary/aromatic N) is 1. The summed E-state index contributed by atoms with van der Waals surface area (Å²) in [6.45, 7) is 2.34. The molecule has 100 valence electrons. The Morgan fingerprint density at radius 3 is 2.44 bits per heavy atom. The first kappa shape index (κ1) is 14.7. The lowest BCUT2D eigenvalue weighted by Gasteiger charge is -2.16. The van der Waals surface area contributed by atoms with Crippen LogP contribution in [0, 0.1) is 0 Å². The van der Waals surface area contributed by atoms with E-state index in [-0.39, 0.29) is 5.97 Å². The zero-order valence-electron chi connectivity index (χ0n) is 11.2. The Labute approximate surface area is 109 Å². The summed E-state index contributed by atoms with van der Waals surface area (Å²) in [6.07, 6.45) is 1.30. The Morgan fingerprint density at radius 2 is 1.89 bits per heavy atom. The van der Waals surface area contributed by atoms with Crippen molar-refractivity contribution in [2.75, 3.05) is 20.7 Å². The first-order chi connectivity index (χ1) is 8.65. The van der Waals surface area contributed by atoms with Gasteiger partial charge in [-0.15, -0.1) is 0 Å². The highest BCUT2D eigenvalue weighted by Crippen LogP contribution is 2.07. The second-order valence-corrected chi connectivity index (χ2v) is 4.44. The van der Waals surface area contributed by atoms with E-state index < -0.39 is 0 Å². The van der Waals surface area contributed by atoms with E-state index in [0.29, 0.717) is 13.0 Å². The van der Waals surface area contributed by atoms with Crippen LogP contribution in [0.1, 0.15) is 24.0 Å². The van der Waals surface area contributed by atoms with Gasteiger partial charge in [0.1, 0.15) is 0 Å². The van der Waals surface area contributed by atoms with Crippen molar-refractivity contribution in [3.05, 3.63) is 35.4 Å². The third-order valence-electron chi connectivity index (χ3n) is 2.86. The fraction of sp³-hybridized carbons (Fsp3) is 0.500. The molecule has 0 atom stereocenters. The fourth-order valence-corrected chi connectivity index (χ4v) is 1.77. The minimum Gasteiger partial charge on any atom is -0.469 e. The number of nitrogens with two attached hydrogens (primary N) is 1. The van der Waals surface area contributed by atoms with Crippen LogP contribution < -0.4 is 5.73 Å². The minimum atomic E-state index is -0.143. The fourth-order valence-electron chi connectivity index (χ4n) is 1.77. The summed E-state index contributed by atoms with van der Waals surface area (Å²) in [5.41, 5.74) is 7.96. The molecule has 0 fully saturated rings. The molecule has 0 aliphatic rings. The van der Waals surface area contributed by atoms with Gasteiger partial charge >= 0.3 is 5.97 Å². The molecule has 1 aromatic rings. The van der Waals surface area contributed by atoms with Crippen LogP contribution in [0.4, 0.5) is 0 Å². The number of methoxy groups -OCH3 is 1. The maximum absolute atomic E-state index is 11.0. The maximum Gasteiger partial charge on any atom is 0.305 e. The van der Waals surface area contributed by atoms with Crippen molar-refractivity contribution in [2.24, 2.45) is 5.73 Å².